The highest BCUT2D eigenvalue weighted by Gasteiger charge is 2.39. The lowest BCUT2D eigenvalue weighted by atomic mass is 9.87. The molecule has 0 unspecified atom stereocenters. The van der Waals surface area contributed by atoms with Gasteiger partial charge in [-0.3, -0.25) is 0 Å². The van der Waals surface area contributed by atoms with E-state index in [4.69, 9.17) is 0 Å². The van der Waals surface area contributed by atoms with Gasteiger partial charge in [0.15, 0.2) is 49.5 Å². The van der Waals surface area contributed by atoms with E-state index in [1.807, 2.05) is 0 Å². The summed E-state index contributed by atoms with van der Waals surface area (Å²) in [4.78, 5) is 16.4. The van der Waals surface area contributed by atoms with Crippen LogP contribution in [0.1, 0.15) is 36.7 Å². The molecule has 0 saturated heterocycles. The fourth-order valence-electron chi connectivity index (χ4n) is 7.07. The summed E-state index contributed by atoms with van der Waals surface area (Å²) in [6.45, 7) is 6.78. The van der Waals surface area contributed by atoms with Gasteiger partial charge >= 0.3 is 0 Å². The second-order valence-electron chi connectivity index (χ2n) is 16.9. The highest BCUT2D eigenvalue weighted by Crippen LogP contribution is 2.55. The molecule has 8 rings (SSSR count). The van der Waals surface area contributed by atoms with E-state index in [0.717, 1.165) is 0 Å². The number of carboxylic acids is 1. The van der Waals surface area contributed by atoms with E-state index in [1.54, 1.807) is 0 Å². The summed E-state index contributed by atoms with van der Waals surface area (Å²) in [5.41, 5.74) is -6.13. The standard InChI is InChI=1S/C31H2F20O5.C22H23S/c32-6-5(7(33)9(35)10(36)8(6)34)4-2(31(52)53)1-3(54-28-20(46)14(40)11(37)15(41)21(28)47)26(55-29-22(48)16(42)12(38)17(43)23(29)49)27(4)56-30-24(50)18(44)13(39)19(45)25(30)51;1-22(2,3)18-14-16-21(17-15-18)23(19-10-6-4-7-11-19)20-12-8-5-9-13-20/h1H,(H,52,53);4-17H,1-3H3/q;+1/p-1. The van der Waals surface area contributed by atoms with Crippen LogP contribution in [-0.4, -0.2) is 5.97 Å². The minimum atomic E-state index is -3.17. The zero-order chi connectivity index (χ0) is 58.4. The number of rotatable bonds is 11. The van der Waals surface area contributed by atoms with E-state index in [0.29, 0.717) is 0 Å². The second kappa shape index (κ2) is 22.5. The Hall–Kier alpha value is -8.42. The van der Waals surface area contributed by atoms with Crippen LogP contribution < -0.4 is 19.3 Å². The molecule has 0 aliphatic rings. The molecule has 0 aliphatic heterocycles. The van der Waals surface area contributed by atoms with Crippen molar-refractivity contribution >= 4 is 16.9 Å². The Morgan fingerprint density at radius 1 is 0.354 bits per heavy atom. The molecule has 0 N–H and O–H groups in total. The molecule has 0 fully saturated rings. The van der Waals surface area contributed by atoms with Gasteiger partial charge in [-0.15, -0.1) is 0 Å². The number of hydrogen-bond donors (Lipinski definition) is 0. The van der Waals surface area contributed by atoms with E-state index in [9.17, 15) is 88.9 Å². The van der Waals surface area contributed by atoms with Gasteiger partial charge in [-0.25, -0.2) is 61.5 Å². The van der Waals surface area contributed by atoms with E-state index in [1.165, 1.54) is 20.2 Å². The monoisotopic (exact) mass is 1150 g/mol. The summed E-state index contributed by atoms with van der Waals surface area (Å²) < 4.78 is 302. The largest absolute Gasteiger partial charge is 0.545 e. The molecule has 0 aromatic heterocycles. The van der Waals surface area contributed by atoms with Crippen LogP contribution in [0.15, 0.2) is 106 Å². The van der Waals surface area contributed by atoms with Crippen molar-refractivity contribution in [1.29, 1.82) is 0 Å². The van der Waals surface area contributed by atoms with Gasteiger partial charge in [0.1, 0.15) is 0 Å². The van der Waals surface area contributed by atoms with Gasteiger partial charge < -0.3 is 24.1 Å². The van der Waals surface area contributed by atoms with Crippen LogP contribution in [0.3, 0.4) is 0 Å². The molecule has 0 amide bonds. The lowest BCUT2D eigenvalue weighted by Gasteiger charge is -2.24. The Morgan fingerprint density at radius 3 is 0.975 bits per heavy atom. The van der Waals surface area contributed by atoms with Gasteiger partial charge in [-0.05, 0) is 53.4 Å². The quantitative estimate of drug-likeness (QED) is 0.0559. The Morgan fingerprint density at radius 2 is 0.646 bits per heavy atom. The summed E-state index contributed by atoms with van der Waals surface area (Å²) in [6.07, 6.45) is 0. The summed E-state index contributed by atoms with van der Waals surface area (Å²) >= 11 is 0. The Bertz CT molecular complexity index is 3570. The fraction of sp³-hybridized carbons (Fsp3) is 0.0755. The van der Waals surface area contributed by atoms with Crippen LogP contribution in [0, 0.1) is 116 Å². The first-order valence-electron chi connectivity index (χ1n) is 21.5. The van der Waals surface area contributed by atoms with Gasteiger partial charge in [0.2, 0.25) is 116 Å². The average Bonchev–Trinajstić information content (AvgIpc) is 3.64. The number of carbonyl (C=O) groups is 1. The van der Waals surface area contributed by atoms with Crippen molar-refractivity contribution in [2.75, 3.05) is 0 Å². The van der Waals surface area contributed by atoms with Gasteiger partial charge in [0, 0.05) is 11.1 Å². The average molecular weight is 1150 g/mol. The molecule has 79 heavy (non-hydrogen) atoms. The van der Waals surface area contributed by atoms with Gasteiger partial charge in [0.25, 0.3) is 0 Å². The molecule has 26 heteroatoms. The first kappa shape index (κ1) is 58.3. The van der Waals surface area contributed by atoms with Crippen LogP contribution in [0.4, 0.5) is 87.8 Å². The molecule has 0 aliphatic carbocycles. The summed E-state index contributed by atoms with van der Waals surface area (Å²) in [5.74, 6) is -81.2. The third-order valence-electron chi connectivity index (χ3n) is 10.9. The van der Waals surface area contributed by atoms with Crippen molar-refractivity contribution in [3.05, 3.63) is 218 Å². The number of ether oxygens (including phenoxy) is 3. The first-order chi connectivity index (χ1) is 37.0. The van der Waals surface area contributed by atoms with E-state index in [-0.39, 0.29) is 16.3 Å². The molecule has 412 valence electrons. The fourth-order valence-corrected chi connectivity index (χ4v) is 9.15. The van der Waals surface area contributed by atoms with E-state index >= 15 is 8.78 Å². The molecular formula is C53H24F20O5S. The molecule has 0 radical (unpaired) electrons. The minimum Gasteiger partial charge on any atom is -0.545 e. The number of carboxylic acid groups (broad SMARTS) is 1. The summed E-state index contributed by atoms with van der Waals surface area (Å²) in [5, 5.41) is 12.3. The SMILES string of the molecule is CC(C)(C)c1ccc([S+](c2ccccc2)c2ccccc2)cc1.O=C([O-])c1cc(Oc2c(F)c(F)c(F)c(F)c2F)c(Oc2c(F)c(F)c(F)c(F)c2F)c(Oc2c(F)c(F)c(F)c(F)c2F)c1-c1c(F)c(F)c(F)c(F)c1F. The number of benzene rings is 8. The van der Waals surface area contributed by atoms with Crippen LogP contribution in [0.2, 0.25) is 0 Å². The predicted molar refractivity (Wildman–Crippen MR) is 235 cm³/mol. The van der Waals surface area contributed by atoms with Gasteiger partial charge in [-0.2, -0.15) is 26.3 Å². The maximum Gasteiger partial charge on any atom is 0.213 e. The highest BCUT2D eigenvalue weighted by molar-refractivity contribution is 7.97. The number of carbonyl (C=O) groups excluding carboxylic acids is 1. The maximum atomic E-state index is 15.2. The summed E-state index contributed by atoms with van der Waals surface area (Å²) in [7, 11) is -0.0497. The third-order valence-corrected chi connectivity index (χ3v) is 13.2. The zero-order valence-corrected chi connectivity index (χ0v) is 40.0. The Balaban J connectivity index is 0.000000325. The molecule has 5 nitrogen and oxygen atoms in total. The molecular weight excluding hydrogens is 1130 g/mol. The highest BCUT2D eigenvalue weighted by atomic mass is 32.2. The van der Waals surface area contributed by atoms with Crippen molar-refractivity contribution in [3.63, 3.8) is 0 Å². The predicted octanol–water partition coefficient (Wildman–Crippen LogP) is 16.0. The van der Waals surface area contributed by atoms with Crippen LogP contribution >= 0.6 is 0 Å². The van der Waals surface area contributed by atoms with Crippen molar-refractivity contribution in [2.45, 2.75) is 40.9 Å². The number of halogens is 20. The molecule has 0 atom stereocenters. The Labute approximate surface area is 432 Å². The first-order valence-corrected chi connectivity index (χ1v) is 22.7. The molecule has 0 heterocycles. The third kappa shape index (κ3) is 10.8. The van der Waals surface area contributed by atoms with Crippen LogP contribution in [0.25, 0.3) is 11.1 Å². The Kier molecular flexibility index (Phi) is 16.6. The molecule has 8 aromatic rings. The van der Waals surface area contributed by atoms with E-state index in [2.05, 4.69) is 120 Å². The van der Waals surface area contributed by atoms with Crippen molar-refractivity contribution in [2.24, 2.45) is 0 Å². The number of hydrogen-bond acceptors (Lipinski definition) is 5. The number of aromatic carboxylic acids is 1. The van der Waals surface area contributed by atoms with Crippen LogP contribution in [0.5, 0.6) is 34.5 Å². The van der Waals surface area contributed by atoms with Crippen LogP contribution in [-0.2, 0) is 16.3 Å². The lowest BCUT2D eigenvalue weighted by Crippen LogP contribution is -2.24. The molecule has 0 spiro atoms. The smallest absolute Gasteiger partial charge is 0.213 e. The molecule has 8 aromatic carbocycles. The lowest BCUT2D eigenvalue weighted by molar-refractivity contribution is -0.255. The zero-order valence-electron chi connectivity index (χ0n) is 39.2. The van der Waals surface area contributed by atoms with Crippen molar-refractivity contribution in [1.82, 2.24) is 0 Å². The van der Waals surface area contributed by atoms with Gasteiger partial charge in [0.05, 0.1) is 22.4 Å². The van der Waals surface area contributed by atoms with Gasteiger partial charge in [-0.1, -0.05) is 69.3 Å². The molecule has 0 bridgehead atoms. The van der Waals surface area contributed by atoms with Crippen molar-refractivity contribution in [3.8, 4) is 45.6 Å². The maximum absolute atomic E-state index is 15.2. The minimum absolute atomic E-state index is 0.0497. The van der Waals surface area contributed by atoms with E-state index < -0.39 is 180 Å². The summed E-state index contributed by atoms with van der Waals surface area (Å²) in [6, 6.07) is 30.1. The second-order valence-corrected chi connectivity index (χ2v) is 18.9. The molecule has 0 saturated carbocycles. The topological polar surface area (TPSA) is 67.8 Å². The van der Waals surface area contributed by atoms with Crippen molar-refractivity contribution < 1.29 is 112 Å². The normalized spacial score (nSPS) is 11.4.